The van der Waals surface area contributed by atoms with Crippen molar-refractivity contribution in [1.29, 1.82) is 0 Å². The Morgan fingerprint density at radius 3 is 2.48 bits per heavy atom. The van der Waals surface area contributed by atoms with Gasteiger partial charge in [-0.2, -0.15) is 0 Å². The molecule has 1 aromatic carbocycles. The molecule has 21 heavy (non-hydrogen) atoms. The number of nitrogens with zero attached hydrogens (tertiary/aromatic N) is 3. The number of benzene rings is 1. The van der Waals surface area contributed by atoms with E-state index in [1.54, 1.807) is 0 Å². The van der Waals surface area contributed by atoms with Crippen LogP contribution < -0.4 is 4.90 Å². The number of hydrogen-bond acceptors (Lipinski definition) is 3. The first-order valence-corrected chi connectivity index (χ1v) is 7.86. The van der Waals surface area contributed by atoms with Gasteiger partial charge in [-0.15, -0.1) is 0 Å². The van der Waals surface area contributed by atoms with Gasteiger partial charge in [-0.25, -0.2) is 4.98 Å². The van der Waals surface area contributed by atoms with Gasteiger partial charge in [-0.05, 0) is 19.3 Å². The molecule has 0 atom stereocenters. The zero-order valence-electron chi connectivity index (χ0n) is 12.0. The topological polar surface area (TPSA) is 41.3 Å². The maximum atomic E-state index is 9.31. The normalized spacial score (nSPS) is 15.4. The van der Waals surface area contributed by atoms with Crippen molar-refractivity contribution in [2.45, 2.75) is 25.8 Å². The number of hydrogen-bond donors (Lipinski definition) is 1. The summed E-state index contributed by atoms with van der Waals surface area (Å²) in [7, 11) is 0. The molecule has 112 valence electrons. The molecule has 0 aliphatic carbocycles. The third-order valence-corrected chi connectivity index (χ3v) is 4.27. The molecular formula is C16H20ClN3O. The third-order valence-electron chi connectivity index (χ3n) is 3.90. The van der Waals surface area contributed by atoms with Crippen LogP contribution in [0.1, 0.15) is 19.3 Å². The van der Waals surface area contributed by atoms with Gasteiger partial charge in [0.05, 0.1) is 6.61 Å². The van der Waals surface area contributed by atoms with Crippen LogP contribution in [-0.4, -0.2) is 34.4 Å². The lowest BCUT2D eigenvalue weighted by Gasteiger charge is -2.26. The van der Waals surface area contributed by atoms with Crippen LogP contribution >= 0.6 is 11.6 Å². The number of rotatable bonds is 4. The van der Waals surface area contributed by atoms with E-state index >= 15 is 0 Å². The van der Waals surface area contributed by atoms with E-state index in [0.29, 0.717) is 11.7 Å². The highest BCUT2D eigenvalue weighted by Gasteiger charge is 2.22. The van der Waals surface area contributed by atoms with E-state index in [1.165, 1.54) is 19.3 Å². The van der Waals surface area contributed by atoms with Gasteiger partial charge in [-0.1, -0.05) is 41.9 Å². The van der Waals surface area contributed by atoms with Gasteiger partial charge in [-0.3, -0.25) is 0 Å². The highest BCUT2D eigenvalue weighted by atomic mass is 35.5. The van der Waals surface area contributed by atoms with Crippen molar-refractivity contribution in [3.63, 3.8) is 0 Å². The lowest BCUT2D eigenvalue weighted by Crippen LogP contribution is -2.29. The van der Waals surface area contributed by atoms with Crippen LogP contribution in [0.5, 0.6) is 0 Å². The quantitative estimate of drug-likeness (QED) is 0.943. The maximum Gasteiger partial charge on any atom is 0.167 e. The summed E-state index contributed by atoms with van der Waals surface area (Å²) in [5.41, 5.74) is 1.02. The second-order valence-corrected chi connectivity index (χ2v) is 5.70. The molecule has 0 radical (unpaired) electrons. The fourth-order valence-electron chi connectivity index (χ4n) is 2.84. The Hall–Kier alpha value is -1.52. The first-order valence-electron chi connectivity index (χ1n) is 7.48. The van der Waals surface area contributed by atoms with E-state index in [1.807, 2.05) is 34.9 Å². The first kappa shape index (κ1) is 14.4. The number of aliphatic hydroxyl groups excluding tert-OH is 1. The zero-order chi connectivity index (χ0) is 14.7. The van der Waals surface area contributed by atoms with Gasteiger partial charge < -0.3 is 14.6 Å². The largest absolute Gasteiger partial charge is 0.395 e. The zero-order valence-corrected chi connectivity index (χ0v) is 12.8. The van der Waals surface area contributed by atoms with Gasteiger partial charge in [0.25, 0.3) is 0 Å². The molecule has 2 heterocycles. The fourth-order valence-corrected chi connectivity index (χ4v) is 3.17. The molecule has 1 aromatic heterocycles. The second kappa shape index (κ2) is 6.50. The summed E-state index contributed by atoms with van der Waals surface area (Å²) in [4.78, 5) is 7.02. The summed E-state index contributed by atoms with van der Waals surface area (Å²) in [5.74, 6) is 1.68. The van der Waals surface area contributed by atoms with E-state index in [2.05, 4.69) is 4.90 Å². The number of halogens is 1. The minimum absolute atomic E-state index is 0.0509. The van der Waals surface area contributed by atoms with Crippen LogP contribution in [0.4, 0.5) is 5.82 Å². The van der Waals surface area contributed by atoms with Gasteiger partial charge in [0.2, 0.25) is 0 Å². The summed E-state index contributed by atoms with van der Waals surface area (Å²) in [5, 5.41) is 9.94. The monoisotopic (exact) mass is 305 g/mol. The molecule has 1 aliphatic rings. The average molecular weight is 306 g/mol. The molecule has 2 aromatic rings. The molecule has 1 fully saturated rings. The van der Waals surface area contributed by atoms with Crippen LogP contribution in [-0.2, 0) is 6.54 Å². The number of imidazole rings is 1. The van der Waals surface area contributed by atoms with Gasteiger partial charge in [0.15, 0.2) is 11.0 Å². The van der Waals surface area contributed by atoms with Crippen molar-refractivity contribution >= 4 is 17.4 Å². The van der Waals surface area contributed by atoms with E-state index < -0.39 is 0 Å². The van der Waals surface area contributed by atoms with Crippen LogP contribution in [0.25, 0.3) is 11.4 Å². The smallest absolute Gasteiger partial charge is 0.167 e. The fraction of sp³-hybridized carbons (Fsp3) is 0.438. The van der Waals surface area contributed by atoms with Crippen LogP contribution in [0, 0.1) is 0 Å². The Kier molecular flexibility index (Phi) is 4.46. The number of aliphatic hydroxyl groups is 1. The summed E-state index contributed by atoms with van der Waals surface area (Å²) >= 11 is 6.54. The van der Waals surface area contributed by atoms with Crippen molar-refractivity contribution in [2.75, 3.05) is 24.6 Å². The standard InChI is InChI=1S/C16H20ClN3O/c17-14-16(19-9-5-2-6-10-19)18-15(20(14)11-12-21)13-7-3-1-4-8-13/h1,3-4,7-8,21H,2,5-6,9-12H2. The third kappa shape index (κ3) is 2.92. The molecule has 1 saturated heterocycles. The van der Waals surface area contributed by atoms with Crippen LogP contribution in [0.2, 0.25) is 5.15 Å². The van der Waals surface area contributed by atoms with E-state index in [9.17, 15) is 5.11 Å². The van der Waals surface area contributed by atoms with Crippen molar-refractivity contribution in [1.82, 2.24) is 9.55 Å². The van der Waals surface area contributed by atoms with Crippen molar-refractivity contribution in [3.8, 4) is 11.4 Å². The Bertz CT molecular complexity index is 591. The second-order valence-electron chi connectivity index (χ2n) is 5.34. The first-order chi connectivity index (χ1) is 10.3. The minimum Gasteiger partial charge on any atom is -0.395 e. The Balaban J connectivity index is 2.02. The SMILES string of the molecule is OCCn1c(-c2ccccc2)nc(N2CCCCC2)c1Cl. The van der Waals surface area contributed by atoms with Crippen LogP contribution in [0.15, 0.2) is 30.3 Å². The summed E-state index contributed by atoms with van der Waals surface area (Å²) in [6, 6.07) is 10.00. The summed E-state index contributed by atoms with van der Waals surface area (Å²) in [6.45, 7) is 2.52. The van der Waals surface area contributed by atoms with Gasteiger partial charge >= 0.3 is 0 Å². The highest BCUT2D eigenvalue weighted by molar-refractivity contribution is 6.32. The predicted molar refractivity (Wildman–Crippen MR) is 85.8 cm³/mol. The number of piperidine rings is 1. The Labute approximate surface area is 130 Å². The lowest BCUT2D eigenvalue weighted by atomic mass is 10.1. The Morgan fingerprint density at radius 2 is 1.81 bits per heavy atom. The molecule has 4 nitrogen and oxygen atoms in total. The van der Waals surface area contributed by atoms with E-state index in [0.717, 1.165) is 30.3 Å². The van der Waals surface area contributed by atoms with E-state index in [4.69, 9.17) is 16.6 Å². The average Bonchev–Trinajstić information content (AvgIpc) is 2.87. The number of aromatic nitrogens is 2. The molecule has 5 heteroatoms. The Morgan fingerprint density at radius 1 is 1.10 bits per heavy atom. The molecular weight excluding hydrogens is 286 g/mol. The summed E-state index contributed by atoms with van der Waals surface area (Å²) < 4.78 is 1.90. The molecule has 1 N–H and O–H groups in total. The highest BCUT2D eigenvalue weighted by Crippen LogP contribution is 2.33. The number of anilines is 1. The van der Waals surface area contributed by atoms with Crippen molar-refractivity contribution in [2.24, 2.45) is 0 Å². The maximum absolute atomic E-state index is 9.31. The molecule has 0 spiro atoms. The van der Waals surface area contributed by atoms with E-state index in [-0.39, 0.29) is 6.61 Å². The molecule has 0 amide bonds. The van der Waals surface area contributed by atoms with Gasteiger partial charge in [0.1, 0.15) is 5.82 Å². The van der Waals surface area contributed by atoms with Crippen molar-refractivity contribution in [3.05, 3.63) is 35.5 Å². The molecule has 1 aliphatic heterocycles. The summed E-state index contributed by atoms with van der Waals surface area (Å²) in [6.07, 6.45) is 3.64. The van der Waals surface area contributed by atoms with Crippen molar-refractivity contribution < 1.29 is 5.11 Å². The molecule has 3 rings (SSSR count). The molecule has 0 unspecified atom stereocenters. The molecule has 0 saturated carbocycles. The lowest BCUT2D eigenvalue weighted by molar-refractivity contribution is 0.277. The van der Waals surface area contributed by atoms with Crippen LogP contribution in [0.3, 0.4) is 0 Å². The van der Waals surface area contributed by atoms with Gasteiger partial charge in [0, 0.05) is 25.2 Å². The predicted octanol–water partition coefficient (Wildman–Crippen LogP) is 3.19. The molecule has 0 bridgehead atoms. The minimum atomic E-state index is 0.0509.